The lowest BCUT2D eigenvalue weighted by atomic mass is 10.4. The summed E-state index contributed by atoms with van der Waals surface area (Å²) in [5, 5.41) is 21.7. The summed E-state index contributed by atoms with van der Waals surface area (Å²) >= 11 is 0. The smallest absolute Gasteiger partial charge is 0.345 e. The number of rotatable bonds is 6. The van der Waals surface area contributed by atoms with Crippen molar-refractivity contribution in [2.24, 2.45) is 0 Å². The van der Waals surface area contributed by atoms with Gasteiger partial charge in [0.25, 0.3) is 5.91 Å². The second kappa shape index (κ2) is 6.16. The van der Waals surface area contributed by atoms with Crippen LogP contribution in [-0.2, 0) is 24.4 Å². The standard InChI is InChI=1S/C12H16N6O3/c1-3-16-5-4-10(15-16)7-13-11(19)8-17-12(18(20)21)6-9(2)14-17/h4-6H,3,7-8H2,1-2H3,(H,13,19). The number of carbonyl (C=O) groups excluding carboxylic acids is 1. The third-order valence-electron chi connectivity index (χ3n) is 2.85. The number of hydrogen-bond acceptors (Lipinski definition) is 5. The van der Waals surface area contributed by atoms with Crippen LogP contribution in [0.15, 0.2) is 18.3 Å². The largest absolute Gasteiger partial charge is 0.358 e. The summed E-state index contributed by atoms with van der Waals surface area (Å²) in [6, 6.07) is 3.14. The zero-order valence-electron chi connectivity index (χ0n) is 11.8. The van der Waals surface area contributed by atoms with Crippen molar-refractivity contribution in [3.05, 3.63) is 39.8 Å². The number of aromatic nitrogens is 4. The van der Waals surface area contributed by atoms with Crippen molar-refractivity contribution in [1.82, 2.24) is 24.9 Å². The molecule has 1 amide bonds. The van der Waals surface area contributed by atoms with E-state index in [-0.39, 0.29) is 24.8 Å². The molecule has 0 saturated carbocycles. The van der Waals surface area contributed by atoms with E-state index in [1.165, 1.54) is 6.07 Å². The second-order valence-corrected chi connectivity index (χ2v) is 4.50. The van der Waals surface area contributed by atoms with Gasteiger partial charge >= 0.3 is 5.82 Å². The molecule has 2 rings (SSSR count). The first-order chi connectivity index (χ1) is 9.99. The predicted molar refractivity (Wildman–Crippen MR) is 73.4 cm³/mol. The number of nitrogens with zero attached hydrogens (tertiary/aromatic N) is 5. The van der Waals surface area contributed by atoms with Gasteiger partial charge in [-0.3, -0.25) is 9.48 Å². The molecular weight excluding hydrogens is 276 g/mol. The maximum Gasteiger partial charge on any atom is 0.345 e. The van der Waals surface area contributed by atoms with Gasteiger partial charge in [0.15, 0.2) is 6.54 Å². The van der Waals surface area contributed by atoms with Crippen molar-refractivity contribution >= 4 is 11.7 Å². The van der Waals surface area contributed by atoms with Crippen LogP contribution in [-0.4, -0.2) is 30.4 Å². The van der Waals surface area contributed by atoms with Crippen LogP contribution >= 0.6 is 0 Å². The molecule has 2 aromatic heterocycles. The van der Waals surface area contributed by atoms with Crippen molar-refractivity contribution in [2.45, 2.75) is 33.5 Å². The second-order valence-electron chi connectivity index (χ2n) is 4.50. The molecule has 0 aliphatic carbocycles. The van der Waals surface area contributed by atoms with E-state index >= 15 is 0 Å². The van der Waals surface area contributed by atoms with Crippen LogP contribution in [0.1, 0.15) is 18.3 Å². The Morgan fingerprint density at radius 2 is 2.24 bits per heavy atom. The van der Waals surface area contributed by atoms with E-state index < -0.39 is 4.92 Å². The first kappa shape index (κ1) is 14.7. The highest BCUT2D eigenvalue weighted by Gasteiger charge is 2.19. The number of amides is 1. The molecule has 0 radical (unpaired) electrons. The molecule has 0 aromatic carbocycles. The molecule has 0 spiro atoms. The van der Waals surface area contributed by atoms with Crippen molar-refractivity contribution < 1.29 is 9.72 Å². The Balaban J connectivity index is 1.94. The Morgan fingerprint density at radius 3 is 2.86 bits per heavy atom. The van der Waals surface area contributed by atoms with Gasteiger partial charge in [0.1, 0.15) is 0 Å². The van der Waals surface area contributed by atoms with Crippen LogP contribution in [0.25, 0.3) is 0 Å². The molecule has 0 saturated heterocycles. The fraction of sp³-hybridized carbons (Fsp3) is 0.417. The lowest BCUT2D eigenvalue weighted by Crippen LogP contribution is -2.28. The Bertz CT molecular complexity index is 660. The maximum absolute atomic E-state index is 11.8. The number of hydrogen-bond donors (Lipinski definition) is 1. The third kappa shape index (κ3) is 3.65. The average molecular weight is 292 g/mol. The average Bonchev–Trinajstić information content (AvgIpc) is 3.03. The van der Waals surface area contributed by atoms with E-state index in [0.29, 0.717) is 5.69 Å². The zero-order valence-corrected chi connectivity index (χ0v) is 11.8. The van der Waals surface area contributed by atoms with Crippen LogP contribution in [0.4, 0.5) is 5.82 Å². The molecule has 0 fully saturated rings. The Hall–Kier alpha value is -2.71. The van der Waals surface area contributed by atoms with Crippen LogP contribution in [0.3, 0.4) is 0 Å². The van der Waals surface area contributed by atoms with Gasteiger partial charge in [-0.25, -0.2) is 0 Å². The van der Waals surface area contributed by atoms with Crippen LogP contribution in [0, 0.1) is 17.0 Å². The van der Waals surface area contributed by atoms with Gasteiger partial charge < -0.3 is 15.4 Å². The molecule has 0 aliphatic heterocycles. The van der Waals surface area contributed by atoms with Crippen molar-refractivity contribution in [3.8, 4) is 0 Å². The van der Waals surface area contributed by atoms with Gasteiger partial charge in [-0.05, 0) is 24.8 Å². The van der Waals surface area contributed by atoms with E-state index in [0.717, 1.165) is 16.9 Å². The fourth-order valence-electron chi connectivity index (χ4n) is 1.85. The molecule has 0 bridgehead atoms. The maximum atomic E-state index is 11.8. The molecule has 2 aromatic rings. The SMILES string of the molecule is CCn1ccc(CNC(=O)Cn2nc(C)cc2[N+](=O)[O-])n1. The highest BCUT2D eigenvalue weighted by Crippen LogP contribution is 2.12. The van der Waals surface area contributed by atoms with Gasteiger partial charge in [-0.2, -0.15) is 5.10 Å². The summed E-state index contributed by atoms with van der Waals surface area (Å²) in [5.74, 6) is -0.551. The van der Waals surface area contributed by atoms with Crippen LogP contribution in [0.2, 0.25) is 0 Å². The Labute approximate surface area is 120 Å². The highest BCUT2D eigenvalue weighted by atomic mass is 16.6. The molecule has 21 heavy (non-hydrogen) atoms. The van der Waals surface area contributed by atoms with Crippen molar-refractivity contribution in [1.29, 1.82) is 0 Å². The minimum Gasteiger partial charge on any atom is -0.358 e. The van der Waals surface area contributed by atoms with E-state index in [4.69, 9.17) is 0 Å². The highest BCUT2D eigenvalue weighted by molar-refractivity contribution is 5.75. The summed E-state index contributed by atoms with van der Waals surface area (Å²) in [7, 11) is 0. The van der Waals surface area contributed by atoms with Crippen LogP contribution < -0.4 is 5.32 Å². The van der Waals surface area contributed by atoms with Gasteiger partial charge in [0.2, 0.25) is 0 Å². The molecule has 9 heteroatoms. The van der Waals surface area contributed by atoms with Crippen molar-refractivity contribution in [3.63, 3.8) is 0 Å². The van der Waals surface area contributed by atoms with Crippen LogP contribution in [0.5, 0.6) is 0 Å². The molecule has 0 aliphatic rings. The van der Waals surface area contributed by atoms with E-state index in [9.17, 15) is 14.9 Å². The lowest BCUT2D eigenvalue weighted by Gasteiger charge is -2.02. The topological polar surface area (TPSA) is 108 Å². The normalized spacial score (nSPS) is 10.6. The van der Waals surface area contributed by atoms with Gasteiger partial charge in [-0.15, -0.1) is 4.68 Å². The molecule has 1 N–H and O–H groups in total. The monoisotopic (exact) mass is 292 g/mol. The summed E-state index contributed by atoms with van der Waals surface area (Å²) in [6.45, 7) is 4.44. The molecule has 0 unspecified atom stereocenters. The van der Waals surface area contributed by atoms with E-state index in [1.54, 1.807) is 11.6 Å². The Kier molecular flexibility index (Phi) is 4.31. The summed E-state index contributed by atoms with van der Waals surface area (Å²) in [6.07, 6.45) is 1.82. The minimum absolute atomic E-state index is 0.196. The molecule has 0 atom stereocenters. The quantitative estimate of drug-likeness (QED) is 0.620. The lowest BCUT2D eigenvalue weighted by molar-refractivity contribution is -0.392. The zero-order chi connectivity index (χ0) is 15.4. The first-order valence-corrected chi connectivity index (χ1v) is 6.47. The summed E-state index contributed by atoms with van der Waals surface area (Å²) in [4.78, 5) is 22.1. The Morgan fingerprint density at radius 1 is 1.48 bits per heavy atom. The fourth-order valence-corrected chi connectivity index (χ4v) is 1.85. The van der Waals surface area contributed by atoms with Gasteiger partial charge in [0.05, 0.1) is 24.0 Å². The first-order valence-electron chi connectivity index (χ1n) is 6.47. The molecular formula is C12H16N6O3. The predicted octanol–water partition coefficient (Wildman–Crippen LogP) is 0.633. The third-order valence-corrected chi connectivity index (χ3v) is 2.85. The summed E-state index contributed by atoms with van der Waals surface area (Å²) in [5.41, 5.74) is 1.23. The molecule has 2 heterocycles. The number of nitro groups is 1. The van der Waals surface area contributed by atoms with Crippen molar-refractivity contribution in [2.75, 3.05) is 0 Å². The molecule has 9 nitrogen and oxygen atoms in total. The van der Waals surface area contributed by atoms with Gasteiger partial charge in [0, 0.05) is 12.7 Å². The van der Waals surface area contributed by atoms with E-state index in [2.05, 4.69) is 15.5 Å². The summed E-state index contributed by atoms with van der Waals surface area (Å²) < 4.78 is 2.83. The number of carbonyl (C=O) groups is 1. The van der Waals surface area contributed by atoms with Gasteiger partial charge in [-0.1, -0.05) is 5.10 Å². The minimum atomic E-state index is -0.559. The number of nitrogens with one attached hydrogen (secondary N) is 1. The number of aryl methyl sites for hydroxylation is 2. The van der Waals surface area contributed by atoms with E-state index in [1.807, 2.05) is 19.2 Å². The molecule has 112 valence electrons.